The van der Waals surface area contributed by atoms with E-state index < -0.39 is 5.97 Å². The Morgan fingerprint density at radius 1 is 1.06 bits per heavy atom. The van der Waals surface area contributed by atoms with Crippen LogP contribution < -0.4 is 5.32 Å². The fourth-order valence-corrected chi connectivity index (χ4v) is 2.17. The van der Waals surface area contributed by atoms with Gasteiger partial charge in [-0.15, -0.1) is 0 Å². The van der Waals surface area contributed by atoms with E-state index in [0.717, 1.165) is 25.9 Å². The van der Waals surface area contributed by atoms with E-state index >= 15 is 0 Å². The van der Waals surface area contributed by atoms with Gasteiger partial charge in [0.15, 0.2) is 0 Å². The smallest absolute Gasteiger partial charge is 0.303 e. The SMILES string of the molecule is O=C(O)CCCNCC(=O)N1CCCCCCC1. The van der Waals surface area contributed by atoms with E-state index in [1.165, 1.54) is 19.3 Å². The number of carbonyl (C=O) groups is 2. The number of nitrogens with one attached hydrogen (secondary N) is 1. The van der Waals surface area contributed by atoms with E-state index in [9.17, 15) is 9.59 Å². The summed E-state index contributed by atoms with van der Waals surface area (Å²) < 4.78 is 0. The topological polar surface area (TPSA) is 69.6 Å². The molecule has 0 unspecified atom stereocenters. The van der Waals surface area contributed by atoms with Crippen LogP contribution in [0.5, 0.6) is 0 Å². The third-order valence-corrected chi connectivity index (χ3v) is 3.23. The molecule has 1 aliphatic rings. The van der Waals surface area contributed by atoms with E-state index in [2.05, 4.69) is 5.32 Å². The Labute approximate surface area is 109 Å². The second-order valence-electron chi connectivity index (χ2n) is 4.82. The minimum Gasteiger partial charge on any atom is -0.481 e. The predicted molar refractivity (Wildman–Crippen MR) is 69.4 cm³/mol. The van der Waals surface area contributed by atoms with Crippen molar-refractivity contribution in [3.63, 3.8) is 0 Å². The Morgan fingerprint density at radius 3 is 2.28 bits per heavy atom. The van der Waals surface area contributed by atoms with Gasteiger partial charge >= 0.3 is 5.97 Å². The highest BCUT2D eigenvalue weighted by atomic mass is 16.4. The van der Waals surface area contributed by atoms with Crippen LogP contribution >= 0.6 is 0 Å². The lowest BCUT2D eigenvalue weighted by atomic mass is 10.1. The van der Waals surface area contributed by atoms with Gasteiger partial charge < -0.3 is 15.3 Å². The van der Waals surface area contributed by atoms with Crippen molar-refractivity contribution in [1.29, 1.82) is 0 Å². The second kappa shape index (κ2) is 8.91. The zero-order valence-electron chi connectivity index (χ0n) is 11.0. The number of amides is 1. The molecule has 1 aliphatic heterocycles. The minimum atomic E-state index is -0.785. The average Bonchev–Trinajstić information content (AvgIpc) is 2.27. The minimum absolute atomic E-state index is 0.146. The Morgan fingerprint density at radius 2 is 1.67 bits per heavy atom. The summed E-state index contributed by atoms with van der Waals surface area (Å²) in [6.45, 7) is 2.66. The summed E-state index contributed by atoms with van der Waals surface area (Å²) in [5.74, 6) is -0.640. The van der Waals surface area contributed by atoms with Gasteiger partial charge in [-0.25, -0.2) is 0 Å². The first-order valence-electron chi connectivity index (χ1n) is 6.90. The third-order valence-electron chi connectivity index (χ3n) is 3.23. The highest BCUT2D eigenvalue weighted by molar-refractivity contribution is 5.78. The third kappa shape index (κ3) is 6.59. The van der Waals surface area contributed by atoms with E-state index in [1.807, 2.05) is 4.90 Å². The van der Waals surface area contributed by atoms with Crippen molar-refractivity contribution in [1.82, 2.24) is 10.2 Å². The molecule has 0 saturated carbocycles. The number of likely N-dealkylation sites (tertiary alicyclic amines) is 1. The molecule has 0 aromatic rings. The van der Waals surface area contributed by atoms with E-state index in [0.29, 0.717) is 19.5 Å². The van der Waals surface area contributed by atoms with Crippen LogP contribution in [-0.4, -0.2) is 48.1 Å². The van der Waals surface area contributed by atoms with Crippen molar-refractivity contribution >= 4 is 11.9 Å². The molecule has 5 heteroatoms. The van der Waals surface area contributed by atoms with Crippen molar-refractivity contribution in [3.05, 3.63) is 0 Å². The number of aliphatic carboxylic acids is 1. The van der Waals surface area contributed by atoms with Crippen LogP contribution in [0.25, 0.3) is 0 Å². The van der Waals surface area contributed by atoms with Gasteiger partial charge in [-0.1, -0.05) is 19.3 Å². The zero-order valence-corrected chi connectivity index (χ0v) is 11.0. The van der Waals surface area contributed by atoms with Crippen LogP contribution in [0.1, 0.15) is 44.9 Å². The number of rotatable bonds is 6. The summed E-state index contributed by atoms with van der Waals surface area (Å²) in [5.41, 5.74) is 0. The monoisotopic (exact) mass is 256 g/mol. The molecule has 0 atom stereocenters. The lowest BCUT2D eigenvalue weighted by Crippen LogP contribution is -2.40. The summed E-state index contributed by atoms with van der Waals surface area (Å²) in [4.78, 5) is 24.2. The van der Waals surface area contributed by atoms with E-state index in [1.54, 1.807) is 0 Å². The summed E-state index contributed by atoms with van der Waals surface area (Å²) in [5, 5.41) is 11.5. The van der Waals surface area contributed by atoms with Gasteiger partial charge in [-0.3, -0.25) is 9.59 Å². The number of carboxylic acids is 1. The Kier molecular flexibility index (Phi) is 7.41. The largest absolute Gasteiger partial charge is 0.481 e. The maximum atomic E-state index is 11.9. The van der Waals surface area contributed by atoms with Gasteiger partial charge in [0.1, 0.15) is 0 Å². The molecule has 1 fully saturated rings. The average molecular weight is 256 g/mol. The van der Waals surface area contributed by atoms with Crippen LogP contribution in [0.15, 0.2) is 0 Å². The summed E-state index contributed by atoms with van der Waals surface area (Å²) in [7, 11) is 0. The van der Waals surface area contributed by atoms with Gasteiger partial charge in [0, 0.05) is 19.5 Å². The van der Waals surface area contributed by atoms with E-state index in [4.69, 9.17) is 5.11 Å². The standard InChI is InChI=1S/C13H24N2O3/c16-12(11-14-8-6-7-13(17)18)15-9-4-2-1-3-5-10-15/h14H,1-11H2,(H,17,18). The highest BCUT2D eigenvalue weighted by Crippen LogP contribution is 2.10. The van der Waals surface area contributed by atoms with Gasteiger partial charge in [0.25, 0.3) is 0 Å². The first kappa shape index (κ1) is 15.0. The number of hydrogen-bond acceptors (Lipinski definition) is 3. The molecule has 18 heavy (non-hydrogen) atoms. The number of nitrogens with zero attached hydrogens (tertiary/aromatic N) is 1. The molecule has 1 amide bonds. The molecule has 104 valence electrons. The number of carboxylic acid groups (broad SMARTS) is 1. The van der Waals surface area contributed by atoms with Crippen LogP contribution in [0.4, 0.5) is 0 Å². The number of carbonyl (C=O) groups excluding carboxylic acids is 1. The predicted octanol–water partition coefficient (Wildman–Crippen LogP) is 1.23. The maximum absolute atomic E-state index is 11.9. The molecular formula is C13H24N2O3. The molecule has 5 nitrogen and oxygen atoms in total. The van der Waals surface area contributed by atoms with Crippen LogP contribution in [0.3, 0.4) is 0 Å². The van der Waals surface area contributed by atoms with Crippen LogP contribution in [-0.2, 0) is 9.59 Å². The summed E-state index contributed by atoms with van der Waals surface area (Å²) in [6, 6.07) is 0. The molecule has 0 radical (unpaired) electrons. The molecule has 0 aromatic heterocycles. The van der Waals surface area contributed by atoms with E-state index in [-0.39, 0.29) is 12.3 Å². The van der Waals surface area contributed by atoms with Gasteiger partial charge in [0.05, 0.1) is 6.54 Å². The van der Waals surface area contributed by atoms with Gasteiger partial charge in [-0.2, -0.15) is 0 Å². The first-order chi connectivity index (χ1) is 8.70. The first-order valence-corrected chi connectivity index (χ1v) is 6.90. The molecule has 0 aromatic carbocycles. The van der Waals surface area contributed by atoms with Gasteiger partial charge in [-0.05, 0) is 25.8 Å². The second-order valence-corrected chi connectivity index (χ2v) is 4.82. The lowest BCUT2D eigenvalue weighted by molar-refractivity contribution is -0.137. The zero-order chi connectivity index (χ0) is 13.2. The quantitative estimate of drug-likeness (QED) is 0.701. The highest BCUT2D eigenvalue weighted by Gasteiger charge is 2.13. The fraction of sp³-hybridized carbons (Fsp3) is 0.846. The fourth-order valence-electron chi connectivity index (χ4n) is 2.17. The molecule has 0 spiro atoms. The van der Waals surface area contributed by atoms with Crippen molar-refractivity contribution in [2.75, 3.05) is 26.2 Å². The number of hydrogen-bond donors (Lipinski definition) is 2. The molecule has 1 rings (SSSR count). The van der Waals surface area contributed by atoms with Gasteiger partial charge in [0.2, 0.25) is 5.91 Å². The van der Waals surface area contributed by atoms with Crippen molar-refractivity contribution < 1.29 is 14.7 Å². The lowest BCUT2D eigenvalue weighted by Gasteiger charge is -2.24. The Bertz CT molecular complexity index is 261. The van der Waals surface area contributed by atoms with Crippen molar-refractivity contribution in [3.8, 4) is 0 Å². The Balaban J connectivity index is 2.12. The van der Waals surface area contributed by atoms with Crippen LogP contribution in [0, 0.1) is 0 Å². The molecule has 0 bridgehead atoms. The molecular weight excluding hydrogens is 232 g/mol. The molecule has 2 N–H and O–H groups in total. The van der Waals surface area contributed by atoms with Crippen molar-refractivity contribution in [2.45, 2.75) is 44.9 Å². The van der Waals surface area contributed by atoms with Crippen LogP contribution in [0.2, 0.25) is 0 Å². The summed E-state index contributed by atoms with van der Waals surface area (Å²) in [6.07, 6.45) is 6.66. The Hall–Kier alpha value is -1.10. The summed E-state index contributed by atoms with van der Waals surface area (Å²) >= 11 is 0. The van der Waals surface area contributed by atoms with Crippen molar-refractivity contribution in [2.24, 2.45) is 0 Å². The molecule has 1 heterocycles. The molecule has 0 aliphatic carbocycles. The molecule has 1 saturated heterocycles. The normalized spacial score (nSPS) is 17.0. The maximum Gasteiger partial charge on any atom is 0.303 e.